The summed E-state index contributed by atoms with van der Waals surface area (Å²) in [7, 11) is 3.46. The third-order valence-corrected chi connectivity index (χ3v) is 4.21. The minimum absolute atomic E-state index is 0.0975. The van der Waals surface area contributed by atoms with Crippen LogP contribution in [-0.2, 0) is 11.3 Å². The lowest BCUT2D eigenvalue weighted by Gasteiger charge is -2.30. The molecule has 0 aromatic heterocycles. The molecule has 0 radical (unpaired) electrons. The van der Waals surface area contributed by atoms with Crippen LogP contribution < -0.4 is 10.6 Å². The first-order chi connectivity index (χ1) is 10.5. The first kappa shape index (κ1) is 16.5. The van der Waals surface area contributed by atoms with E-state index in [0.29, 0.717) is 18.2 Å². The largest absolute Gasteiger partial charge is 0.355 e. The molecule has 1 aromatic carbocycles. The maximum Gasteiger partial charge on any atom is 0.251 e. The first-order valence-corrected chi connectivity index (χ1v) is 7.80. The Morgan fingerprint density at radius 2 is 2.00 bits per heavy atom. The van der Waals surface area contributed by atoms with Gasteiger partial charge in [0, 0.05) is 38.2 Å². The molecule has 0 aliphatic carbocycles. The van der Waals surface area contributed by atoms with Crippen molar-refractivity contribution in [3.63, 3.8) is 0 Å². The van der Waals surface area contributed by atoms with Crippen LogP contribution in [0.1, 0.15) is 35.7 Å². The lowest BCUT2D eigenvalue weighted by atomic mass is 9.92. The van der Waals surface area contributed by atoms with Gasteiger partial charge in [0.15, 0.2) is 0 Å². The first-order valence-electron chi connectivity index (χ1n) is 7.80. The van der Waals surface area contributed by atoms with E-state index in [9.17, 15) is 9.59 Å². The zero-order valence-corrected chi connectivity index (χ0v) is 13.6. The van der Waals surface area contributed by atoms with Crippen LogP contribution in [0.25, 0.3) is 0 Å². The van der Waals surface area contributed by atoms with Crippen molar-refractivity contribution in [3.8, 4) is 0 Å². The van der Waals surface area contributed by atoms with E-state index >= 15 is 0 Å². The Morgan fingerprint density at radius 3 is 2.59 bits per heavy atom. The van der Waals surface area contributed by atoms with Gasteiger partial charge in [-0.1, -0.05) is 12.1 Å². The number of nitrogens with one attached hydrogen (secondary N) is 2. The number of carbonyl (C=O) groups excluding carboxylic acids is 2. The molecule has 2 atom stereocenters. The molecular formula is C17H25N3O2. The quantitative estimate of drug-likeness (QED) is 0.884. The summed E-state index contributed by atoms with van der Waals surface area (Å²) in [6.07, 6.45) is 1.81. The molecule has 0 spiro atoms. The van der Waals surface area contributed by atoms with Gasteiger partial charge in [0.25, 0.3) is 5.91 Å². The van der Waals surface area contributed by atoms with E-state index in [2.05, 4.69) is 17.6 Å². The van der Waals surface area contributed by atoms with E-state index in [1.165, 1.54) is 0 Å². The molecule has 1 fully saturated rings. The van der Waals surface area contributed by atoms with Gasteiger partial charge in [0.1, 0.15) is 0 Å². The molecule has 22 heavy (non-hydrogen) atoms. The van der Waals surface area contributed by atoms with Gasteiger partial charge >= 0.3 is 0 Å². The fourth-order valence-electron chi connectivity index (χ4n) is 2.93. The molecule has 1 aliphatic rings. The minimum atomic E-state index is -0.0975. The second-order valence-electron chi connectivity index (χ2n) is 6.05. The predicted molar refractivity (Wildman–Crippen MR) is 86.5 cm³/mol. The van der Waals surface area contributed by atoms with Gasteiger partial charge in [-0.05, 0) is 44.0 Å². The van der Waals surface area contributed by atoms with Crippen LogP contribution in [0.5, 0.6) is 0 Å². The number of rotatable bonds is 4. The summed E-state index contributed by atoms with van der Waals surface area (Å²) in [5, 5.41) is 5.97. The van der Waals surface area contributed by atoms with Crippen molar-refractivity contribution in [2.75, 3.05) is 20.6 Å². The van der Waals surface area contributed by atoms with E-state index < -0.39 is 0 Å². The van der Waals surface area contributed by atoms with Crippen LogP contribution in [-0.4, -0.2) is 43.4 Å². The van der Waals surface area contributed by atoms with Gasteiger partial charge in [-0.25, -0.2) is 0 Å². The maximum absolute atomic E-state index is 12.5. The van der Waals surface area contributed by atoms with Gasteiger partial charge in [0.2, 0.25) is 5.91 Å². The fourth-order valence-corrected chi connectivity index (χ4v) is 2.93. The molecule has 0 bridgehead atoms. The Kier molecular flexibility index (Phi) is 5.55. The third kappa shape index (κ3) is 4.07. The molecule has 1 saturated heterocycles. The second kappa shape index (κ2) is 7.40. The molecule has 5 heteroatoms. The van der Waals surface area contributed by atoms with Gasteiger partial charge in [-0.15, -0.1) is 0 Å². The second-order valence-corrected chi connectivity index (χ2v) is 6.05. The number of hydrogen-bond donors (Lipinski definition) is 2. The van der Waals surface area contributed by atoms with Crippen LogP contribution in [0, 0.1) is 5.92 Å². The van der Waals surface area contributed by atoms with Crippen LogP contribution in [0.2, 0.25) is 0 Å². The summed E-state index contributed by atoms with van der Waals surface area (Å²) >= 11 is 0. The minimum Gasteiger partial charge on any atom is -0.355 e. The molecule has 1 aromatic rings. The summed E-state index contributed by atoms with van der Waals surface area (Å²) in [4.78, 5) is 25.8. The van der Waals surface area contributed by atoms with Crippen LogP contribution >= 0.6 is 0 Å². The van der Waals surface area contributed by atoms with Gasteiger partial charge in [-0.2, -0.15) is 0 Å². The van der Waals surface area contributed by atoms with E-state index in [1.54, 1.807) is 24.1 Å². The number of hydrogen-bond acceptors (Lipinski definition) is 3. The van der Waals surface area contributed by atoms with Crippen molar-refractivity contribution in [1.82, 2.24) is 15.5 Å². The third-order valence-electron chi connectivity index (χ3n) is 4.21. The maximum atomic E-state index is 12.5. The lowest BCUT2D eigenvalue weighted by Crippen LogP contribution is -2.42. The standard InChI is InChI=1S/C17H25N3O2/c1-12-10-15(8-9-19-12)17(22)20(3)11-13-4-6-14(7-5-13)16(21)18-2/h4-7,12,15,19H,8-11H2,1-3H3,(H,18,21)/t12-,15-/m0/s1. The van der Waals surface area contributed by atoms with Crippen LogP contribution in [0.4, 0.5) is 0 Å². The van der Waals surface area contributed by atoms with Gasteiger partial charge in [-0.3, -0.25) is 9.59 Å². The normalized spacial score (nSPS) is 21.2. The lowest BCUT2D eigenvalue weighted by molar-refractivity contribution is -0.135. The van der Waals surface area contributed by atoms with Crippen molar-refractivity contribution in [2.45, 2.75) is 32.4 Å². The van der Waals surface area contributed by atoms with Gasteiger partial charge < -0.3 is 15.5 Å². The summed E-state index contributed by atoms with van der Waals surface area (Å²) < 4.78 is 0. The Balaban J connectivity index is 1.94. The predicted octanol–water partition coefficient (Wildman–Crippen LogP) is 1.39. The number of benzene rings is 1. The Hall–Kier alpha value is -1.88. The highest BCUT2D eigenvalue weighted by Gasteiger charge is 2.26. The Morgan fingerprint density at radius 1 is 1.32 bits per heavy atom. The highest BCUT2D eigenvalue weighted by Crippen LogP contribution is 2.19. The smallest absolute Gasteiger partial charge is 0.251 e. The van der Waals surface area contributed by atoms with Crippen molar-refractivity contribution in [1.29, 1.82) is 0 Å². The highest BCUT2D eigenvalue weighted by molar-refractivity contribution is 5.93. The van der Waals surface area contributed by atoms with Gasteiger partial charge in [0.05, 0.1) is 0 Å². The van der Waals surface area contributed by atoms with Crippen molar-refractivity contribution < 1.29 is 9.59 Å². The van der Waals surface area contributed by atoms with E-state index in [1.807, 2.05) is 19.2 Å². The Bertz CT molecular complexity index is 527. The summed E-state index contributed by atoms with van der Waals surface area (Å²) in [6, 6.07) is 7.79. The fraction of sp³-hybridized carbons (Fsp3) is 0.529. The number of amides is 2. The van der Waals surface area contributed by atoms with E-state index in [-0.39, 0.29) is 17.7 Å². The number of nitrogens with zero attached hydrogens (tertiary/aromatic N) is 1. The molecule has 2 rings (SSSR count). The SMILES string of the molecule is CNC(=O)c1ccc(CN(C)C(=O)[C@H]2CCN[C@@H](C)C2)cc1. The van der Waals surface area contributed by atoms with E-state index in [0.717, 1.165) is 24.9 Å². The molecule has 0 unspecified atom stereocenters. The Labute approximate surface area is 132 Å². The summed E-state index contributed by atoms with van der Waals surface area (Å²) in [6.45, 7) is 3.61. The van der Waals surface area contributed by atoms with Crippen molar-refractivity contribution >= 4 is 11.8 Å². The topological polar surface area (TPSA) is 61.4 Å². The zero-order valence-electron chi connectivity index (χ0n) is 13.6. The zero-order chi connectivity index (χ0) is 16.1. The highest BCUT2D eigenvalue weighted by atomic mass is 16.2. The number of piperidine rings is 1. The van der Waals surface area contributed by atoms with Crippen LogP contribution in [0.15, 0.2) is 24.3 Å². The van der Waals surface area contributed by atoms with E-state index in [4.69, 9.17) is 0 Å². The molecule has 120 valence electrons. The monoisotopic (exact) mass is 303 g/mol. The molecule has 1 heterocycles. The number of carbonyl (C=O) groups is 2. The summed E-state index contributed by atoms with van der Waals surface area (Å²) in [5.74, 6) is 0.231. The molecule has 2 amide bonds. The van der Waals surface area contributed by atoms with Crippen molar-refractivity contribution in [3.05, 3.63) is 35.4 Å². The molecular weight excluding hydrogens is 278 g/mol. The van der Waals surface area contributed by atoms with Crippen molar-refractivity contribution in [2.24, 2.45) is 5.92 Å². The molecule has 1 aliphatic heterocycles. The molecule has 5 nitrogen and oxygen atoms in total. The van der Waals surface area contributed by atoms with Crippen LogP contribution in [0.3, 0.4) is 0 Å². The molecule has 2 N–H and O–H groups in total. The average molecular weight is 303 g/mol. The average Bonchev–Trinajstić information content (AvgIpc) is 2.54. The summed E-state index contributed by atoms with van der Waals surface area (Å²) in [5.41, 5.74) is 1.66. The molecule has 0 saturated carbocycles.